The van der Waals surface area contributed by atoms with E-state index in [9.17, 15) is 9.90 Å². The van der Waals surface area contributed by atoms with Crippen LogP contribution in [0.1, 0.15) is 24.7 Å². The fraction of sp³-hybridized carbons (Fsp3) is 0.350. The third kappa shape index (κ3) is 3.20. The zero-order valence-electron chi connectivity index (χ0n) is 15.7. The van der Waals surface area contributed by atoms with Crippen molar-refractivity contribution in [3.05, 3.63) is 41.7 Å². The second kappa shape index (κ2) is 6.57. The van der Waals surface area contributed by atoms with Crippen molar-refractivity contribution in [1.29, 1.82) is 0 Å². The van der Waals surface area contributed by atoms with E-state index in [0.717, 1.165) is 53.5 Å². The van der Waals surface area contributed by atoms with Crippen LogP contribution < -0.4 is 10.2 Å². The van der Waals surface area contributed by atoms with Crippen LogP contribution in [0.4, 0.5) is 5.69 Å². The molecule has 7 heteroatoms. The number of amides is 1. The Kier molecular flexibility index (Phi) is 4.22. The zero-order chi connectivity index (χ0) is 19.1. The van der Waals surface area contributed by atoms with Crippen LogP contribution in [0.15, 0.2) is 30.3 Å². The Labute approximate surface area is 157 Å². The monoisotopic (exact) mass is 365 g/mol. The van der Waals surface area contributed by atoms with Crippen molar-refractivity contribution in [2.24, 2.45) is 0 Å². The van der Waals surface area contributed by atoms with Gasteiger partial charge in [0.25, 0.3) is 0 Å². The number of carbonyl (C=O) groups is 1. The van der Waals surface area contributed by atoms with Crippen LogP contribution >= 0.6 is 0 Å². The molecule has 3 aromatic rings. The highest BCUT2D eigenvalue weighted by molar-refractivity contribution is 5.77. The van der Waals surface area contributed by atoms with Crippen LogP contribution in [0.5, 0.6) is 5.75 Å². The Hall–Kier alpha value is -3.09. The Morgan fingerprint density at radius 3 is 2.70 bits per heavy atom. The molecule has 1 unspecified atom stereocenters. The minimum atomic E-state index is 0.00387. The first kappa shape index (κ1) is 17.3. The minimum Gasteiger partial charge on any atom is -0.508 e. The second-order valence-corrected chi connectivity index (χ2v) is 7.13. The van der Waals surface area contributed by atoms with Gasteiger partial charge in [0.2, 0.25) is 5.91 Å². The van der Waals surface area contributed by atoms with Crippen LogP contribution in [0, 0.1) is 13.8 Å². The molecule has 1 fully saturated rings. The number of phenolic OH excluding ortho intramolecular Hbond substituents is 1. The molecule has 27 heavy (non-hydrogen) atoms. The fourth-order valence-corrected chi connectivity index (χ4v) is 3.80. The number of rotatable bonds is 3. The topological polar surface area (TPSA) is 82.8 Å². The molecule has 140 valence electrons. The van der Waals surface area contributed by atoms with Crippen molar-refractivity contribution in [2.75, 3.05) is 18.0 Å². The van der Waals surface area contributed by atoms with Crippen LogP contribution in [-0.4, -0.2) is 44.7 Å². The highest BCUT2D eigenvalue weighted by Gasteiger charge is 2.26. The summed E-state index contributed by atoms with van der Waals surface area (Å²) < 4.78 is 1.89. The van der Waals surface area contributed by atoms with E-state index in [1.807, 2.05) is 30.5 Å². The van der Waals surface area contributed by atoms with E-state index in [2.05, 4.69) is 21.4 Å². The molecule has 1 atom stereocenters. The summed E-state index contributed by atoms with van der Waals surface area (Å²) >= 11 is 0. The summed E-state index contributed by atoms with van der Waals surface area (Å²) in [4.78, 5) is 18.4. The van der Waals surface area contributed by atoms with Crippen molar-refractivity contribution in [2.45, 2.75) is 33.2 Å². The third-order valence-electron chi connectivity index (χ3n) is 4.94. The van der Waals surface area contributed by atoms with Gasteiger partial charge in [-0.3, -0.25) is 4.79 Å². The van der Waals surface area contributed by atoms with Gasteiger partial charge in [0.15, 0.2) is 5.65 Å². The Bertz CT molecular complexity index is 1010. The predicted molar refractivity (Wildman–Crippen MR) is 104 cm³/mol. The summed E-state index contributed by atoms with van der Waals surface area (Å²) in [5, 5.41) is 17.3. The van der Waals surface area contributed by atoms with Crippen molar-refractivity contribution >= 4 is 17.2 Å². The minimum absolute atomic E-state index is 0.00387. The Morgan fingerprint density at radius 2 is 2.00 bits per heavy atom. The lowest BCUT2D eigenvalue weighted by Crippen LogP contribution is -2.35. The van der Waals surface area contributed by atoms with Gasteiger partial charge in [-0.2, -0.15) is 5.10 Å². The highest BCUT2D eigenvalue weighted by atomic mass is 16.3. The Balaban J connectivity index is 1.78. The number of fused-ring (bicyclic) bond motifs is 1. The largest absolute Gasteiger partial charge is 0.508 e. The molecule has 7 nitrogen and oxygen atoms in total. The van der Waals surface area contributed by atoms with Gasteiger partial charge < -0.3 is 15.3 Å². The van der Waals surface area contributed by atoms with Gasteiger partial charge in [-0.1, -0.05) is 0 Å². The van der Waals surface area contributed by atoms with Crippen molar-refractivity contribution in [3.63, 3.8) is 0 Å². The summed E-state index contributed by atoms with van der Waals surface area (Å²) in [5.41, 5.74) is 5.51. The van der Waals surface area contributed by atoms with Gasteiger partial charge in [0, 0.05) is 31.6 Å². The zero-order valence-corrected chi connectivity index (χ0v) is 15.7. The number of aromatic nitrogens is 3. The predicted octanol–water partition coefficient (Wildman–Crippen LogP) is 2.43. The molecule has 1 aromatic carbocycles. The number of nitrogens with one attached hydrogen (secondary N) is 1. The maximum absolute atomic E-state index is 11.4. The number of aromatic hydroxyl groups is 1. The average Bonchev–Trinajstić information content (AvgIpc) is 3.18. The molecule has 1 aliphatic rings. The van der Waals surface area contributed by atoms with E-state index in [-0.39, 0.29) is 17.7 Å². The first-order valence-electron chi connectivity index (χ1n) is 9.11. The standard InChI is InChI=1S/C20H23N5O2/c1-12-10-18(24-9-8-16(11-24)22-14(3)26)20-21-13(2)19(25(20)23-12)15-4-6-17(27)7-5-15/h4-7,10,16,27H,8-9,11H2,1-3H3,(H,22,26). The summed E-state index contributed by atoms with van der Waals surface area (Å²) in [6.07, 6.45) is 0.914. The van der Waals surface area contributed by atoms with Crippen LogP contribution in [-0.2, 0) is 4.79 Å². The van der Waals surface area contributed by atoms with Crippen molar-refractivity contribution in [1.82, 2.24) is 19.9 Å². The summed E-state index contributed by atoms with van der Waals surface area (Å²) in [6.45, 7) is 7.13. The van der Waals surface area contributed by atoms with Gasteiger partial charge in [-0.05, 0) is 50.6 Å². The Morgan fingerprint density at radius 1 is 1.26 bits per heavy atom. The lowest BCUT2D eigenvalue weighted by Gasteiger charge is -2.20. The number of aryl methyl sites for hydroxylation is 2. The molecule has 1 aliphatic heterocycles. The number of hydrogen-bond donors (Lipinski definition) is 2. The molecule has 2 N–H and O–H groups in total. The molecule has 0 spiro atoms. The molecule has 1 amide bonds. The van der Waals surface area contributed by atoms with Crippen LogP contribution in [0.2, 0.25) is 0 Å². The first-order valence-corrected chi connectivity index (χ1v) is 9.11. The third-order valence-corrected chi connectivity index (χ3v) is 4.94. The molecular weight excluding hydrogens is 342 g/mol. The maximum atomic E-state index is 11.4. The van der Waals surface area contributed by atoms with Gasteiger partial charge in [0.1, 0.15) is 5.75 Å². The van der Waals surface area contributed by atoms with E-state index >= 15 is 0 Å². The fourth-order valence-electron chi connectivity index (χ4n) is 3.80. The normalized spacial score (nSPS) is 16.9. The summed E-state index contributed by atoms with van der Waals surface area (Å²) in [5.74, 6) is 0.236. The van der Waals surface area contributed by atoms with E-state index in [0.29, 0.717) is 0 Å². The average molecular weight is 365 g/mol. The van der Waals surface area contributed by atoms with Crippen LogP contribution in [0.3, 0.4) is 0 Å². The summed E-state index contributed by atoms with van der Waals surface area (Å²) in [7, 11) is 0. The number of phenols is 1. The van der Waals surface area contributed by atoms with Gasteiger partial charge in [-0.25, -0.2) is 9.50 Å². The smallest absolute Gasteiger partial charge is 0.217 e. The highest BCUT2D eigenvalue weighted by Crippen LogP contribution is 2.31. The van der Waals surface area contributed by atoms with Gasteiger partial charge in [-0.15, -0.1) is 0 Å². The molecule has 0 bridgehead atoms. The van der Waals surface area contributed by atoms with E-state index in [1.165, 1.54) is 0 Å². The number of benzene rings is 1. The molecule has 3 heterocycles. The second-order valence-electron chi connectivity index (χ2n) is 7.13. The van der Waals surface area contributed by atoms with E-state index in [1.54, 1.807) is 19.1 Å². The van der Waals surface area contributed by atoms with Crippen LogP contribution in [0.25, 0.3) is 16.9 Å². The molecule has 0 radical (unpaired) electrons. The van der Waals surface area contributed by atoms with E-state index in [4.69, 9.17) is 4.98 Å². The lowest BCUT2D eigenvalue weighted by atomic mass is 10.1. The van der Waals surface area contributed by atoms with Gasteiger partial charge >= 0.3 is 0 Å². The molecule has 0 saturated carbocycles. The van der Waals surface area contributed by atoms with Crippen molar-refractivity contribution < 1.29 is 9.90 Å². The van der Waals surface area contributed by atoms with Crippen molar-refractivity contribution in [3.8, 4) is 17.0 Å². The van der Waals surface area contributed by atoms with Gasteiger partial charge in [0.05, 0.1) is 22.8 Å². The van der Waals surface area contributed by atoms with E-state index < -0.39 is 0 Å². The molecule has 2 aromatic heterocycles. The maximum Gasteiger partial charge on any atom is 0.217 e. The number of anilines is 1. The molecule has 4 rings (SSSR count). The number of imidazole rings is 1. The number of nitrogens with zero attached hydrogens (tertiary/aromatic N) is 4. The molecule has 0 aliphatic carbocycles. The lowest BCUT2D eigenvalue weighted by molar-refractivity contribution is -0.119. The quantitative estimate of drug-likeness (QED) is 0.745. The molecule has 1 saturated heterocycles. The first-order chi connectivity index (χ1) is 12.9. The molecular formula is C20H23N5O2. The summed E-state index contributed by atoms with van der Waals surface area (Å²) in [6, 6.07) is 9.30. The number of carbonyl (C=O) groups excluding carboxylic acids is 1. The SMILES string of the molecule is CC(=O)NC1CCN(c2cc(C)nn3c(-c4ccc(O)cc4)c(C)nc23)C1. The number of hydrogen-bond acceptors (Lipinski definition) is 5.